The molecule has 1 aliphatic rings. The smallest absolute Gasteiger partial charge is 0.414 e. The second kappa shape index (κ2) is 11.9. The molecule has 3 aromatic rings. The number of fused-ring (bicyclic) bond motifs is 1. The second-order valence-electron chi connectivity index (χ2n) is 9.05. The largest absolute Gasteiger partial charge is 0.497 e. The monoisotopic (exact) mass is 571 g/mol. The summed E-state index contributed by atoms with van der Waals surface area (Å²) in [4.78, 5) is 39.2. The maximum Gasteiger partial charge on any atom is 0.414 e. The van der Waals surface area contributed by atoms with Crippen LogP contribution in [0, 0.1) is 5.92 Å². The van der Waals surface area contributed by atoms with E-state index >= 15 is 0 Å². The van der Waals surface area contributed by atoms with Crippen LogP contribution in [0.25, 0.3) is 0 Å². The Labute approximate surface area is 230 Å². The number of benzene rings is 2. The third-order valence-electron chi connectivity index (χ3n) is 6.20. The standard InChI is InChI=1S/C27H29N3O7S2/c1-4-37-27(33)29-25(32)23-21-13-8-16(2)14-22(21)38-26(23)28-24(31)17-6-5-7-18(15-17)30-39(34,35)20-11-9-19(36-3)10-12-20/h5-7,9-12,15-16,30H,4,8,13-14H2,1-3H3,(H,28,31)(H,29,32,33). The Morgan fingerprint density at radius 1 is 1.08 bits per heavy atom. The van der Waals surface area contributed by atoms with E-state index in [4.69, 9.17) is 9.47 Å². The highest BCUT2D eigenvalue weighted by Gasteiger charge is 2.29. The van der Waals surface area contributed by atoms with Gasteiger partial charge in [-0.25, -0.2) is 13.2 Å². The van der Waals surface area contributed by atoms with E-state index in [0.29, 0.717) is 23.1 Å². The van der Waals surface area contributed by atoms with Gasteiger partial charge in [-0.3, -0.25) is 19.6 Å². The highest BCUT2D eigenvalue weighted by molar-refractivity contribution is 7.92. The number of imide groups is 1. The zero-order valence-electron chi connectivity index (χ0n) is 21.7. The van der Waals surface area contributed by atoms with Crippen molar-refractivity contribution >= 4 is 50.0 Å². The number of methoxy groups -OCH3 is 1. The number of sulfonamides is 1. The minimum Gasteiger partial charge on any atom is -0.497 e. The molecule has 4 rings (SSSR count). The molecule has 12 heteroatoms. The number of amides is 3. The first-order chi connectivity index (χ1) is 18.6. The van der Waals surface area contributed by atoms with Gasteiger partial charge in [0.1, 0.15) is 10.8 Å². The Hall–Kier alpha value is -3.90. The van der Waals surface area contributed by atoms with Gasteiger partial charge in [-0.1, -0.05) is 13.0 Å². The average Bonchev–Trinajstić information content (AvgIpc) is 3.25. The number of alkyl carbamates (subject to hydrolysis) is 1. The summed E-state index contributed by atoms with van der Waals surface area (Å²) in [6.07, 6.45) is 1.43. The second-order valence-corrected chi connectivity index (χ2v) is 11.8. The molecule has 206 valence electrons. The van der Waals surface area contributed by atoms with E-state index in [1.165, 1.54) is 60.9 Å². The van der Waals surface area contributed by atoms with E-state index in [-0.39, 0.29) is 28.3 Å². The summed E-state index contributed by atoms with van der Waals surface area (Å²) in [5, 5.41) is 5.35. The summed E-state index contributed by atoms with van der Waals surface area (Å²) in [5.74, 6) is -0.224. The Balaban J connectivity index is 1.57. The lowest BCUT2D eigenvalue weighted by Gasteiger charge is -2.18. The quantitative estimate of drug-likeness (QED) is 0.352. The summed E-state index contributed by atoms with van der Waals surface area (Å²) >= 11 is 1.31. The summed E-state index contributed by atoms with van der Waals surface area (Å²) in [6.45, 7) is 3.87. The average molecular weight is 572 g/mol. The van der Waals surface area contributed by atoms with Crippen LogP contribution < -0.4 is 20.1 Å². The van der Waals surface area contributed by atoms with Gasteiger partial charge >= 0.3 is 6.09 Å². The summed E-state index contributed by atoms with van der Waals surface area (Å²) in [7, 11) is -2.43. The number of hydrogen-bond donors (Lipinski definition) is 3. The zero-order valence-corrected chi connectivity index (χ0v) is 23.3. The minimum atomic E-state index is -3.91. The van der Waals surface area contributed by atoms with Gasteiger partial charge in [0.15, 0.2) is 0 Å². The molecule has 0 radical (unpaired) electrons. The van der Waals surface area contributed by atoms with Crippen molar-refractivity contribution in [2.24, 2.45) is 5.92 Å². The minimum absolute atomic E-state index is 0.0359. The normalized spacial score (nSPS) is 14.6. The Bertz CT molecular complexity index is 1500. The van der Waals surface area contributed by atoms with E-state index in [1.807, 2.05) is 0 Å². The number of hydrogen-bond acceptors (Lipinski definition) is 8. The molecule has 10 nitrogen and oxygen atoms in total. The number of anilines is 2. The van der Waals surface area contributed by atoms with Gasteiger partial charge < -0.3 is 14.8 Å². The van der Waals surface area contributed by atoms with E-state index in [9.17, 15) is 22.8 Å². The number of nitrogens with one attached hydrogen (secondary N) is 3. The van der Waals surface area contributed by atoms with Crippen molar-refractivity contribution in [3.63, 3.8) is 0 Å². The fourth-order valence-electron chi connectivity index (χ4n) is 4.27. The highest BCUT2D eigenvalue weighted by atomic mass is 32.2. The molecular formula is C27H29N3O7S2. The fraction of sp³-hybridized carbons (Fsp3) is 0.296. The van der Waals surface area contributed by atoms with E-state index in [1.54, 1.807) is 13.0 Å². The van der Waals surface area contributed by atoms with Crippen LogP contribution in [0.1, 0.15) is 51.4 Å². The van der Waals surface area contributed by atoms with Crippen LogP contribution in [-0.2, 0) is 27.6 Å². The molecule has 0 saturated carbocycles. The van der Waals surface area contributed by atoms with Crippen LogP contribution in [-0.4, -0.2) is 40.0 Å². The van der Waals surface area contributed by atoms with Gasteiger partial charge in [0.2, 0.25) is 0 Å². The summed E-state index contributed by atoms with van der Waals surface area (Å²) in [5.41, 5.74) is 1.44. The van der Waals surface area contributed by atoms with Gasteiger partial charge in [0, 0.05) is 16.1 Å². The maximum absolute atomic E-state index is 13.2. The lowest BCUT2D eigenvalue weighted by Crippen LogP contribution is -2.32. The molecule has 0 aliphatic heterocycles. The third kappa shape index (κ3) is 6.58. The van der Waals surface area contributed by atoms with Gasteiger partial charge in [-0.05, 0) is 80.1 Å². The first-order valence-electron chi connectivity index (χ1n) is 12.3. The molecule has 0 saturated heterocycles. The SMILES string of the molecule is CCOC(=O)NC(=O)c1c(NC(=O)c2cccc(NS(=O)(=O)c3ccc(OC)cc3)c2)sc2c1CCC(C)C2. The highest BCUT2D eigenvalue weighted by Crippen LogP contribution is 2.40. The number of carbonyl (C=O) groups is 3. The third-order valence-corrected chi connectivity index (χ3v) is 8.77. The molecule has 1 unspecified atom stereocenters. The van der Waals surface area contributed by atoms with Crippen LogP contribution >= 0.6 is 11.3 Å². The topological polar surface area (TPSA) is 140 Å². The first-order valence-corrected chi connectivity index (χ1v) is 14.6. The first kappa shape index (κ1) is 28.1. The molecule has 0 bridgehead atoms. The van der Waals surface area contributed by atoms with Gasteiger partial charge in [0.05, 0.1) is 24.2 Å². The molecule has 39 heavy (non-hydrogen) atoms. The van der Waals surface area contributed by atoms with Crippen LogP contribution in [0.5, 0.6) is 5.75 Å². The van der Waals surface area contributed by atoms with Crippen molar-refractivity contribution in [3.8, 4) is 5.75 Å². The van der Waals surface area contributed by atoms with Crippen LogP contribution in [0.4, 0.5) is 15.5 Å². The Morgan fingerprint density at radius 2 is 1.82 bits per heavy atom. The van der Waals surface area contributed by atoms with Gasteiger partial charge in [-0.2, -0.15) is 0 Å². The van der Waals surface area contributed by atoms with Crippen molar-refractivity contribution in [1.29, 1.82) is 0 Å². The predicted octanol–water partition coefficient (Wildman–Crippen LogP) is 4.82. The predicted molar refractivity (Wildman–Crippen MR) is 148 cm³/mol. The van der Waals surface area contributed by atoms with E-state index in [0.717, 1.165) is 23.3 Å². The lowest BCUT2D eigenvalue weighted by molar-refractivity contribution is 0.0925. The number of carbonyl (C=O) groups excluding carboxylic acids is 3. The van der Waals surface area contributed by atoms with E-state index in [2.05, 4.69) is 22.3 Å². The van der Waals surface area contributed by atoms with Crippen molar-refractivity contribution < 1.29 is 32.3 Å². The zero-order chi connectivity index (χ0) is 28.2. The van der Waals surface area contributed by atoms with Crippen molar-refractivity contribution in [2.75, 3.05) is 23.8 Å². The van der Waals surface area contributed by atoms with Gasteiger partial charge in [-0.15, -0.1) is 11.3 Å². The summed E-state index contributed by atoms with van der Waals surface area (Å²) < 4.78 is 38.1. The molecule has 2 aromatic carbocycles. The molecule has 1 aliphatic carbocycles. The Kier molecular flexibility index (Phi) is 8.56. The molecule has 3 N–H and O–H groups in total. The number of rotatable bonds is 8. The molecule has 1 aromatic heterocycles. The van der Waals surface area contributed by atoms with Crippen molar-refractivity contribution in [2.45, 2.75) is 38.0 Å². The number of ether oxygens (including phenoxy) is 2. The lowest BCUT2D eigenvalue weighted by atomic mass is 9.88. The summed E-state index contributed by atoms with van der Waals surface area (Å²) in [6, 6.07) is 11.9. The fourth-order valence-corrected chi connectivity index (χ4v) is 6.72. The maximum atomic E-state index is 13.2. The molecule has 0 fully saturated rings. The molecule has 1 atom stereocenters. The molecule has 0 spiro atoms. The van der Waals surface area contributed by atoms with Crippen LogP contribution in [0.15, 0.2) is 53.4 Å². The molecule has 1 heterocycles. The van der Waals surface area contributed by atoms with Crippen LogP contribution in [0.2, 0.25) is 0 Å². The molecule has 3 amide bonds. The van der Waals surface area contributed by atoms with Crippen molar-refractivity contribution in [3.05, 3.63) is 70.1 Å². The van der Waals surface area contributed by atoms with Gasteiger partial charge in [0.25, 0.3) is 21.8 Å². The van der Waals surface area contributed by atoms with Crippen molar-refractivity contribution in [1.82, 2.24) is 5.32 Å². The van der Waals surface area contributed by atoms with Crippen LogP contribution in [0.3, 0.4) is 0 Å². The number of thiophene rings is 1. The Morgan fingerprint density at radius 3 is 2.51 bits per heavy atom. The van der Waals surface area contributed by atoms with E-state index < -0.39 is 27.9 Å². The molecular weight excluding hydrogens is 542 g/mol.